The average Bonchev–Trinajstić information content (AvgIpc) is 3.10. The standard InChI is InChI=1S/C19H20F3NO5/c1-27-6-7-28-9-13-12(4-5-14(23-13)19(20,21)22)18(26)15-16(24)10-2-3-11(8-10)17(15)25/h4-5,10-11,26H,2-3,6-9H2,1H3/t10-,11+. The van der Waals surface area contributed by atoms with E-state index in [9.17, 15) is 27.9 Å². The molecule has 1 N–H and O–H groups in total. The molecule has 9 heteroatoms. The van der Waals surface area contributed by atoms with E-state index >= 15 is 0 Å². The molecule has 2 aliphatic carbocycles. The summed E-state index contributed by atoms with van der Waals surface area (Å²) in [6.45, 7) is -0.00982. The lowest BCUT2D eigenvalue weighted by atomic mass is 9.81. The first-order valence-electron chi connectivity index (χ1n) is 8.89. The largest absolute Gasteiger partial charge is 0.506 e. The first-order valence-corrected chi connectivity index (χ1v) is 8.89. The third-order valence-corrected chi connectivity index (χ3v) is 5.09. The molecule has 0 saturated heterocycles. The smallest absolute Gasteiger partial charge is 0.433 e. The quantitative estimate of drug-likeness (QED) is 0.342. The summed E-state index contributed by atoms with van der Waals surface area (Å²) in [5.41, 5.74) is -1.79. The van der Waals surface area contributed by atoms with Crippen LogP contribution in [0.3, 0.4) is 0 Å². The maximum Gasteiger partial charge on any atom is 0.433 e. The number of hydrogen-bond acceptors (Lipinski definition) is 6. The highest BCUT2D eigenvalue weighted by Crippen LogP contribution is 2.42. The molecule has 2 saturated carbocycles. The molecule has 1 aromatic heterocycles. The van der Waals surface area contributed by atoms with Crippen LogP contribution in [0.5, 0.6) is 0 Å². The number of rotatable bonds is 6. The van der Waals surface area contributed by atoms with Gasteiger partial charge in [-0.25, -0.2) is 4.98 Å². The van der Waals surface area contributed by atoms with Crippen LogP contribution >= 0.6 is 0 Å². The third kappa shape index (κ3) is 3.95. The number of ether oxygens (including phenoxy) is 2. The van der Waals surface area contributed by atoms with Crippen molar-refractivity contribution < 1.29 is 37.3 Å². The fourth-order valence-electron chi connectivity index (χ4n) is 3.65. The second-order valence-electron chi connectivity index (χ2n) is 6.89. The van der Waals surface area contributed by atoms with Gasteiger partial charge >= 0.3 is 6.18 Å². The predicted molar refractivity (Wildman–Crippen MR) is 91.2 cm³/mol. The van der Waals surface area contributed by atoms with Crippen LogP contribution in [0.4, 0.5) is 13.2 Å². The molecule has 152 valence electrons. The summed E-state index contributed by atoms with van der Waals surface area (Å²) < 4.78 is 49.2. The summed E-state index contributed by atoms with van der Waals surface area (Å²) in [7, 11) is 1.45. The van der Waals surface area contributed by atoms with Gasteiger partial charge in [-0.2, -0.15) is 13.2 Å². The minimum atomic E-state index is -4.68. The Balaban J connectivity index is 2.01. The summed E-state index contributed by atoms with van der Waals surface area (Å²) in [6, 6.07) is 1.72. The van der Waals surface area contributed by atoms with Crippen LogP contribution in [0.1, 0.15) is 36.2 Å². The number of fused-ring (bicyclic) bond motifs is 2. The Morgan fingerprint density at radius 2 is 1.82 bits per heavy atom. The van der Waals surface area contributed by atoms with Gasteiger partial charge in [0.2, 0.25) is 0 Å². The normalized spacial score (nSPS) is 24.0. The van der Waals surface area contributed by atoms with E-state index in [1.165, 1.54) is 7.11 Å². The summed E-state index contributed by atoms with van der Waals surface area (Å²) >= 11 is 0. The van der Waals surface area contributed by atoms with Gasteiger partial charge in [-0.3, -0.25) is 9.59 Å². The van der Waals surface area contributed by atoms with Crippen LogP contribution in [0.25, 0.3) is 5.76 Å². The molecule has 6 nitrogen and oxygen atoms in total. The number of alkyl halides is 3. The number of carbonyl (C=O) groups excluding carboxylic acids is 2. The Bertz CT molecular complexity index is 794. The number of allylic oxidation sites excluding steroid dienone is 1. The van der Waals surface area contributed by atoms with E-state index in [2.05, 4.69) is 4.98 Å². The van der Waals surface area contributed by atoms with Gasteiger partial charge in [-0.05, 0) is 31.4 Å². The van der Waals surface area contributed by atoms with Gasteiger partial charge in [-0.1, -0.05) is 0 Å². The lowest BCUT2D eigenvalue weighted by molar-refractivity contribution is -0.141. The molecule has 0 amide bonds. The lowest BCUT2D eigenvalue weighted by Gasteiger charge is -2.21. The maximum atomic E-state index is 13.0. The Labute approximate surface area is 159 Å². The van der Waals surface area contributed by atoms with E-state index < -0.39 is 29.2 Å². The molecule has 1 aromatic rings. The summed E-state index contributed by atoms with van der Waals surface area (Å²) in [5.74, 6) is -2.20. The number of carbonyl (C=O) groups is 2. The van der Waals surface area contributed by atoms with Crippen molar-refractivity contribution in [3.8, 4) is 0 Å². The number of pyridine rings is 1. The average molecular weight is 399 g/mol. The lowest BCUT2D eigenvalue weighted by Crippen LogP contribution is -2.30. The van der Waals surface area contributed by atoms with Crippen molar-refractivity contribution in [1.82, 2.24) is 4.98 Å². The monoisotopic (exact) mass is 399 g/mol. The van der Waals surface area contributed by atoms with Crippen molar-refractivity contribution in [3.05, 3.63) is 34.7 Å². The number of methoxy groups -OCH3 is 1. The minimum Gasteiger partial charge on any atom is -0.506 e. The van der Waals surface area contributed by atoms with Gasteiger partial charge in [0.05, 0.1) is 25.5 Å². The fraction of sp³-hybridized carbons (Fsp3) is 0.526. The number of Topliss-reactive ketones (excluding diaryl/α,β-unsaturated/α-hetero) is 2. The number of ketones is 2. The number of aliphatic hydroxyl groups excluding tert-OH is 1. The molecule has 0 radical (unpaired) electrons. The molecular formula is C19H20F3NO5. The van der Waals surface area contributed by atoms with E-state index in [4.69, 9.17) is 9.47 Å². The highest BCUT2D eigenvalue weighted by molar-refractivity contribution is 6.27. The fourth-order valence-corrected chi connectivity index (χ4v) is 3.65. The molecule has 28 heavy (non-hydrogen) atoms. The molecule has 1 heterocycles. The summed E-state index contributed by atoms with van der Waals surface area (Å²) in [5, 5.41) is 10.7. The third-order valence-electron chi connectivity index (χ3n) is 5.09. The molecule has 0 aliphatic heterocycles. The molecule has 2 atom stereocenters. The van der Waals surface area contributed by atoms with E-state index in [0.717, 1.165) is 6.07 Å². The van der Waals surface area contributed by atoms with Crippen molar-refractivity contribution in [2.75, 3.05) is 20.3 Å². The van der Waals surface area contributed by atoms with Gasteiger partial charge in [0.1, 0.15) is 17.0 Å². The maximum absolute atomic E-state index is 13.0. The van der Waals surface area contributed by atoms with Crippen LogP contribution in [0.2, 0.25) is 0 Å². The van der Waals surface area contributed by atoms with Gasteiger partial charge in [-0.15, -0.1) is 0 Å². The SMILES string of the molecule is COCCOCc1nc(C(F)(F)F)ccc1C(O)=C1C(=O)[C@@H]2CC[C@@H](C2)C1=O. The minimum absolute atomic E-state index is 0.104. The van der Waals surface area contributed by atoms with Gasteiger partial charge in [0, 0.05) is 24.5 Å². The zero-order chi connectivity index (χ0) is 20.5. The van der Waals surface area contributed by atoms with Crippen molar-refractivity contribution in [1.29, 1.82) is 0 Å². The van der Waals surface area contributed by atoms with Crippen LogP contribution in [-0.2, 0) is 31.8 Å². The molecule has 2 bridgehead atoms. The second-order valence-corrected chi connectivity index (χ2v) is 6.89. The van der Waals surface area contributed by atoms with E-state index in [1.807, 2.05) is 0 Å². The molecule has 2 aliphatic rings. The molecule has 2 fully saturated rings. The number of halogens is 3. The van der Waals surface area contributed by atoms with Crippen molar-refractivity contribution in [2.24, 2.45) is 11.8 Å². The van der Waals surface area contributed by atoms with E-state index in [0.29, 0.717) is 25.3 Å². The molecule has 0 unspecified atom stereocenters. The number of aromatic nitrogens is 1. The van der Waals surface area contributed by atoms with Gasteiger partial charge < -0.3 is 14.6 Å². The Hall–Kier alpha value is -2.26. The van der Waals surface area contributed by atoms with Gasteiger partial charge in [0.25, 0.3) is 0 Å². The number of aliphatic hydroxyl groups is 1. The van der Waals surface area contributed by atoms with Crippen LogP contribution in [0.15, 0.2) is 17.7 Å². The summed E-state index contributed by atoms with van der Waals surface area (Å²) in [6.07, 6.45) is -3.07. The molecular weight excluding hydrogens is 379 g/mol. The highest BCUT2D eigenvalue weighted by atomic mass is 19.4. The van der Waals surface area contributed by atoms with Gasteiger partial charge in [0.15, 0.2) is 11.6 Å². The summed E-state index contributed by atoms with van der Waals surface area (Å²) in [4.78, 5) is 28.7. The van der Waals surface area contributed by atoms with E-state index in [1.54, 1.807) is 0 Å². The first-order chi connectivity index (χ1) is 13.2. The Morgan fingerprint density at radius 3 is 2.39 bits per heavy atom. The van der Waals surface area contributed by atoms with Crippen molar-refractivity contribution >= 4 is 17.3 Å². The van der Waals surface area contributed by atoms with E-state index in [-0.39, 0.29) is 48.5 Å². The predicted octanol–water partition coefficient (Wildman–Crippen LogP) is 3.10. The molecule has 0 aromatic carbocycles. The second kappa shape index (κ2) is 8.00. The molecule has 0 spiro atoms. The van der Waals surface area contributed by atoms with Crippen LogP contribution < -0.4 is 0 Å². The first kappa shape index (κ1) is 20.5. The number of hydrogen-bond donors (Lipinski definition) is 1. The Kier molecular flexibility index (Phi) is 5.85. The number of nitrogens with zero attached hydrogens (tertiary/aromatic N) is 1. The zero-order valence-corrected chi connectivity index (χ0v) is 15.2. The van der Waals surface area contributed by atoms with Crippen LogP contribution in [0, 0.1) is 11.8 Å². The topological polar surface area (TPSA) is 85.7 Å². The van der Waals surface area contributed by atoms with Crippen molar-refractivity contribution in [2.45, 2.75) is 32.0 Å². The van der Waals surface area contributed by atoms with Crippen molar-refractivity contribution in [3.63, 3.8) is 0 Å². The zero-order valence-electron chi connectivity index (χ0n) is 15.2. The Morgan fingerprint density at radius 1 is 1.18 bits per heavy atom. The highest BCUT2D eigenvalue weighted by Gasteiger charge is 2.45. The molecule has 3 rings (SSSR count). The van der Waals surface area contributed by atoms with Crippen LogP contribution in [-0.4, -0.2) is 42.0 Å².